The smallest absolute Gasteiger partial charge is 0.254 e. The van der Waals surface area contributed by atoms with Crippen molar-refractivity contribution in [1.82, 2.24) is 14.7 Å². The van der Waals surface area contributed by atoms with E-state index < -0.39 is 15.9 Å². The van der Waals surface area contributed by atoms with E-state index in [2.05, 4.69) is 25.3 Å². The molecule has 3 rings (SSSR count). The van der Waals surface area contributed by atoms with Gasteiger partial charge in [-0.05, 0) is 37.8 Å². The van der Waals surface area contributed by atoms with E-state index in [0.29, 0.717) is 11.8 Å². The molecule has 5 N–H and O–H groups in total. The van der Waals surface area contributed by atoms with Crippen molar-refractivity contribution in [3.05, 3.63) is 42.1 Å². The van der Waals surface area contributed by atoms with Gasteiger partial charge in [-0.25, -0.2) is 18.1 Å². The Kier molecular flexibility index (Phi) is 6.10. The minimum absolute atomic E-state index is 0.0403. The van der Waals surface area contributed by atoms with Crippen LogP contribution in [-0.2, 0) is 10.0 Å². The second-order valence-corrected chi connectivity index (χ2v) is 8.67. The highest BCUT2D eigenvalue weighted by molar-refractivity contribution is 7.88. The number of nitrogens with two attached hydrogens (primary N) is 1. The van der Waals surface area contributed by atoms with Gasteiger partial charge in [0.05, 0.1) is 6.26 Å². The number of benzene rings is 1. The number of hydrogen-bond donors (Lipinski definition) is 4. The summed E-state index contributed by atoms with van der Waals surface area (Å²) in [6.07, 6.45) is 5.62. The molecule has 1 aliphatic rings. The zero-order valence-electron chi connectivity index (χ0n) is 15.6. The Morgan fingerprint density at radius 2 is 1.75 bits per heavy atom. The summed E-state index contributed by atoms with van der Waals surface area (Å²) in [6, 6.07) is 9.43. The molecule has 2 aromatic rings. The van der Waals surface area contributed by atoms with E-state index in [1.807, 2.05) is 30.3 Å². The minimum atomic E-state index is -3.20. The largest absolute Gasteiger partial charge is 0.365 e. The Balaban J connectivity index is 1.68. The van der Waals surface area contributed by atoms with Gasteiger partial charge in [0.2, 0.25) is 16.0 Å². The van der Waals surface area contributed by atoms with E-state index in [1.54, 1.807) is 0 Å². The normalized spacial score (nSPS) is 19.8. The first-order valence-electron chi connectivity index (χ1n) is 9.03. The number of aromatic nitrogens is 2. The Hall–Kier alpha value is -2.72. The maximum Gasteiger partial charge on any atom is 0.254 e. The number of amides is 1. The van der Waals surface area contributed by atoms with Crippen molar-refractivity contribution in [3.63, 3.8) is 0 Å². The quantitative estimate of drug-likeness (QED) is 0.549. The van der Waals surface area contributed by atoms with Crippen molar-refractivity contribution >= 4 is 33.4 Å². The molecule has 10 heteroatoms. The highest BCUT2D eigenvalue weighted by atomic mass is 32.2. The molecule has 1 aromatic heterocycles. The van der Waals surface area contributed by atoms with Crippen LogP contribution in [0, 0.1) is 0 Å². The molecule has 0 unspecified atom stereocenters. The maximum absolute atomic E-state index is 11.7. The van der Waals surface area contributed by atoms with E-state index in [4.69, 9.17) is 5.73 Å². The first-order chi connectivity index (χ1) is 13.3. The summed E-state index contributed by atoms with van der Waals surface area (Å²) in [5.74, 6) is 0.115. The van der Waals surface area contributed by atoms with Crippen molar-refractivity contribution in [3.8, 4) is 0 Å². The van der Waals surface area contributed by atoms with Crippen LogP contribution >= 0.6 is 0 Å². The average Bonchev–Trinajstić information content (AvgIpc) is 2.63. The van der Waals surface area contributed by atoms with Crippen molar-refractivity contribution in [2.75, 3.05) is 16.9 Å². The molecule has 28 heavy (non-hydrogen) atoms. The van der Waals surface area contributed by atoms with Crippen molar-refractivity contribution in [2.45, 2.75) is 37.8 Å². The van der Waals surface area contributed by atoms with Gasteiger partial charge >= 0.3 is 0 Å². The van der Waals surface area contributed by atoms with Gasteiger partial charge in [0, 0.05) is 24.0 Å². The molecular formula is C18H24N6O3S. The van der Waals surface area contributed by atoms with E-state index in [0.717, 1.165) is 31.4 Å². The molecule has 1 heterocycles. The van der Waals surface area contributed by atoms with Gasteiger partial charge in [-0.2, -0.15) is 4.98 Å². The van der Waals surface area contributed by atoms with Gasteiger partial charge in [-0.1, -0.05) is 18.2 Å². The van der Waals surface area contributed by atoms with E-state index in [-0.39, 0.29) is 17.6 Å². The van der Waals surface area contributed by atoms with E-state index in [1.165, 1.54) is 12.5 Å². The number of rotatable bonds is 7. The fourth-order valence-corrected chi connectivity index (χ4v) is 4.07. The average molecular weight is 404 g/mol. The Morgan fingerprint density at radius 3 is 2.36 bits per heavy atom. The lowest BCUT2D eigenvalue weighted by Gasteiger charge is -2.29. The third kappa shape index (κ3) is 5.64. The lowest BCUT2D eigenvalue weighted by Crippen LogP contribution is -2.39. The molecule has 1 aliphatic carbocycles. The molecular weight excluding hydrogens is 380 g/mol. The SMILES string of the molecule is CS(=O)(=O)NC1CCC(Nc2ncc(C(N)=O)c(Nc3ccccc3)n2)CC1. The van der Waals surface area contributed by atoms with E-state index in [9.17, 15) is 13.2 Å². The van der Waals surface area contributed by atoms with Crippen LogP contribution in [0.2, 0.25) is 0 Å². The summed E-state index contributed by atoms with van der Waals surface area (Å²) >= 11 is 0. The summed E-state index contributed by atoms with van der Waals surface area (Å²) in [7, 11) is -3.20. The molecule has 0 aliphatic heterocycles. The molecule has 1 aromatic carbocycles. The molecule has 0 bridgehead atoms. The molecule has 1 fully saturated rings. The Morgan fingerprint density at radius 1 is 1.11 bits per heavy atom. The standard InChI is InChI=1S/C18H24N6O3S/c1-28(26,27)24-14-9-7-13(8-10-14)22-18-20-11-15(16(19)25)17(23-18)21-12-5-3-2-4-6-12/h2-6,11,13-14,24H,7-10H2,1H3,(H2,19,25)(H2,20,21,22,23). The lowest BCUT2D eigenvalue weighted by atomic mass is 9.92. The highest BCUT2D eigenvalue weighted by Gasteiger charge is 2.24. The van der Waals surface area contributed by atoms with Crippen LogP contribution in [0.25, 0.3) is 0 Å². The van der Waals surface area contributed by atoms with Crippen molar-refractivity contribution in [1.29, 1.82) is 0 Å². The molecule has 0 atom stereocenters. The van der Waals surface area contributed by atoms with Gasteiger partial charge in [0.15, 0.2) is 0 Å². The number of anilines is 3. The molecule has 1 amide bonds. The number of sulfonamides is 1. The fourth-order valence-electron chi connectivity index (χ4n) is 3.23. The summed E-state index contributed by atoms with van der Waals surface area (Å²) in [5.41, 5.74) is 6.42. The van der Waals surface area contributed by atoms with Gasteiger partial charge in [0.1, 0.15) is 11.4 Å². The van der Waals surface area contributed by atoms with Crippen molar-refractivity contribution in [2.24, 2.45) is 5.73 Å². The van der Waals surface area contributed by atoms with Gasteiger partial charge in [-0.3, -0.25) is 4.79 Å². The number of carbonyl (C=O) groups excluding carboxylic acids is 1. The van der Waals surface area contributed by atoms with Gasteiger partial charge < -0.3 is 16.4 Å². The fraction of sp³-hybridized carbons (Fsp3) is 0.389. The van der Waals surface area contributed by atoms with Gasteiger partial charge in [0.25, 0.3) is 5.91 Å². The number of carbonyl (C=O) groups is 1. The second-order valence-electron chi connectivity index (χ2n) is 6.89. The second kappa shape index (κ2) is 8.53. The Bertz CT molecular complexity index is 928. The lowest BCUT2D eigenvalue weighted by molar-refractivity contribution is 0.100. The third-order valence-corrected chi connectivity index (χ3v) is 5.29. The molecule has 0 spiro atoms. The zero-order valence-corrected chi connectivity index (χ0v) is 16.4. The summed E-state index contributed by atoms with van der Waals surface area (Å²) in [5, 5.41) is 6.36. The van der Waals surface area contributed by atoms with Crippen LogP contribution in [0.15, 0.2) is 36.5 Å². The number of primary amides is 1. The highest BCUT2D eigenvalue weighted by Crippen LogP contribution is 2.24. The van der Waals surface area contributed by atoms with Crippen LogP contribution in [0.1, 0.15) is 36.0 Å². The van der Waals surface area contributed by atoms with Crippen LogP contribution in [0.5, 0.6) is 0 Å². The molecule has 150 valence electrons. The molecule has 1 saturated carbocycles. The van der Waals surface area contributed by atoms with Crippen LogP contribution in [-0.4, -0.2) is 42.6 Å². The minimum Gasteiger partial charge on any atom is -0.365 e. The zero-order chi connectivity index (χ0) is 20.1. The molecule has 0 saturated heterocycles. The van der Waals surface area contributed by atoms with Crippen LogP contribution in [0.3, 0.4) is 0 Å². The summed E-state index contributed by atoms with van der Waals surface area (Å²) in [4.78, 5) is 20.3. The van der Waals surface area contributed by atoms with E-state index >= 15 is 0 Å². The number of nitrogens with zero attached hydrogens (tertiary/aromatic N) is 2. The topological polar surface area (TPSA) is 139 Å². The van der Waals surface area contributed by atoms with Crippen LogP contribution in [0.4, 0.5) is 17.5 Å². The summed E-state index contributed by atoms with van der Waals surface area (Å²) in [6.45, 7) is 0. The number of nitrogens with one attached hydrogen (secondary N) is 3. The Labute approximate surface area is 164 Å². The van der Waals surface area contributed by atoms with Crippen molar-refractivity contribution < 1.29 is 13.2 Å². The summed E-state index contributed by atoms with van der Waals surface area (Å²) < 4.78 is 25.4. The van der Waals surface area contributed by atoms with Crippen LogP contribution < -0.4 is 21.1 Å². The number of para-hydroxylation sites is 1. The first-order valence-corrected chi connectivity index (χ1v) is 10.9. The monoisotopic (exact) mass is 404 g/mol. The predicted molar refractivity (Wildman–Crippen MR) is 108 cm³/mol. The van der Waals surface area contributed by atoms with Gasteiger partial charge in [-0.15, -0.1) is 0 Å². The number of hydrogen-bond acceptors (Lipinski definition) is 7. The third-order valence-electron chi connectivity index (χ3n) is 4.53. The first kappa shape index (κ1) is 20.0. The maximum atomic E-state index is 11.7. The molecule has 9 nitrogen and oxygen atoms in total. The molecule has 0 radical (unpaired) electrons. The predicted octanol–water partition coefficient (Wildman–Crippen LogP) is 1.59.